The van der Waals surface area contributed by atoms with Gasteiger partial charge in [-0.25, -0.2) is 9.59 Å². The van der Waals surface area contributed by atoms with Gasteiger partial charge in [0.1, 0.15) is 0 Å². The Labute approximate surface area is 143 Å². The van der Waals surface area contributed by atoms with Gasteiger partial charge in [0, 0.05) is 12.3 Å². The van der Waals surface area contributed by atoms with Crippen molar-refractivity contribution in [3.63, 3.8) is 0 Å². The van der Waals surface area contributed by atoms with Gasteiger partial charge in [-0.1, -0.05) is 32.9 Å². The maximum atomic E-state index is 12.1. The molecule has 0 aliphatic rings. The molecule has 1 rings (SSSR count). The molecule has 0 aliphatic carbocycles. The lowest BCUT2D eigenvalue weighted by Gasteiger charge is -2.10. The number of urea groups is 1. The van der Waals surface area contributed by atoms with E-state index in [0.717, 1.165) is 0 Å². The zero-order valence-corrected chi connectivity index (χ0v) is 14.8. The molecule has 0 aromatic heterocycles. The van der Waals surface area contributed by atoms with E-state index in [4.69, 9.17) is 4.74 Å². The van der Waals surface area contributed by atoms with Crippen LogP contribution in [0.15, 0.2) is 29.2 Å². The molecule has 0 bridgehead atoms. The number of amides is 3. The zero-order valence-electron chi connectivity index (χ0n) is 14.0. The summed E-state index contributed by atoms with van der Waals surface area (Å²) >= 11 is 0. The standard InChI is InChI=1S/C16H22N2O5S/c1-4-24(22)13-8-6-5-7-12(13)15(20)23-10-14(19)18-16(21)17-9-11(2)3/h5-8,11H,4,9-10H2,1-3H3,(H2,17,18,19,21)/t24-/m1/s1. The highest BCUT2D eigenvalue weighted by Gasteiger charge is 2.17. The average Bonchev–Trinajstić information content (AvgIpc) is 2.57. The van der Waals surface area contributed by atoms with Crippen LogP contribution in [-0.2, 0) is 20.3 Å². The molecule has 0 saturated carbocycles. The van der Waals surface area contributed by atoms with E-state index < -0.39 is 35.3 Å². The summed E-state index contributed by atoms with van der Waals surface area (Å²) in [6.45, 7) is 5.40. The summed E-state index contributed by atoms with van der Waals surface area (Å²) in [7, 11) is -1.32. The first-order valence-corrected chi connectivity index (χ1v) is 8.89. The van der Waals surface area contributed by atoms with Crippen LogP contribution in [0.4, 0.5) is 4.79 Å². The Balaban J connectivity index is 2.56. The molecule has 132 valence electrons. The number of ether oxygens (including phenoxy) is 1. The van der Waals surface area contributed by atoms with Crippen molar-refractivity contribution in [2.24, 2.45) is 5.92 Å². The average molecular weight is 354 g/mol. The molecule has 1 aromatic rings. The Morgan fingerprint density at radius 3 is 2.50 bits per heavy atom. The molecule has 1 atom stereocenters. The molecule has 2 N–H and O–H groups in total. The van der Waals surface area contributed by atoms with E-state index in [2.05, 4.69) is 10.6 Å². The predicted molar refractivity (Wildman–Crippen MR) is 90.1 cm³/mol. The Morgan fingerprint density at radius 1 is 1.21 bits per heavy atom. The van der Waals surface area contributed by atoms with Crippen molar-refractivity contribution >= 4 is 28.7 Å². The van der Waals surface area contributed by atoms with E-state index in [-0.39, 0.29) is 11.5 Å². The fourth-order valence-electron chi connectivity index (χ4n) is 1.70. The van der Waals surface area contributed by atoms with Crippen LogP contribution in [0.25, 0.3) is 0 Å². The largest absolute Gasteiger partial charge is 0.452 e. The molecule has 1 aromatic carbocycles. The molecule has 0 heterocycles. The number of esters is 1. The molecule has 24 heavy (non-hydrogen) atoms. The number of rotatable bonds is 7. The topological polar surface area (TPSA) is 102 Å². The lowest BCUT2D eigenvalue weighted by atomic mass is 10.2. The number of imide groups is 1. The monoisotopic (exact) mass is 354 g/mol. The van der Waals surface area contributed by atoms with Gasteiger partial charge >= 0.3 is 12.0 Å². The second-order valence-electron chi connectivity index (χ2n) is 5.36. The third-order valence-electron chi connectivity index (χ3n) is 2.87. The molecule has 8 heteroatoms. The van der Waals surface area contributed by atoms with Crippen molar-refractivity contribution in [2.45, 2.75) is 25.7 Å². The molecule has 3 amide bonds. The van der Waals surface area contributed by atoms with Crippen molar-refractivity contribution in [3.05, 3.63) is 29.8 Å². The third-order valence-corrected chi connectivity index (χ3v) is 4.24. The van der Waals surface area contributed by atoms with Gasteiger partial charge in [0.15, 0.2) is 6.61 Å². The van der Waals surface area contributed by atoms with Crippen molar-refractivity contribution < 1.29 is 23.3 Å². The van der Waals surface area contributed by atoms with E-state index in [1.54, 1.807) is 25.1 Å². The fraction of sp³-hybridized carbons (Fsp3) is 0.438. The minimum atomic E-state index is -1.32. The van der Waals surface area contributed by atoms with Crippen molar-refractivity contribution in [1.29, 1.82) is 0 Å². The third kappa shape index (κ3) is 6.49. The summed E-state index contributed by atoms with van der Waals surface area (Å²) in [5, 5.41) is 4.58. The lowest BCUT2D eigenvalue weighted by molar-refractivity contribution is -0.123. The van der Waals surface area contributed by atoms with Gasteiger partial charge in [-0.2, -0.15) is 0 Å². The van der Waals surface area contributed by atoms with Crippen LogP contribution in [0.5, 0.6) is 0 Å². The van der Waals surface area contributed by atoms with Gasteiger partial charge in [-0.3, -0.25) is 14.3 Å². The number of nitrogens with one attached hydrogen (secondary N) is 2. The maximum Gasteiger partial charge on any atom is 0.339 e. The minimum Gasteiger partial charge on any atom is -0.452 e. The molecule has 0 fully saturated rings. The molecule has 0 aliphatic heterocycles. The highest BCUT2D eigenvalue weighted by atomic mass is 32.2. The highest BCUT2D eigenvalue weighted by Crippen LogP contribution is 2.15. The SMILES string of the molecule is CC[S@@](=O)c1ccccc1C(=O)OCC(=O)NC(=O)NCC(C)C. The minimum absolute atomic E-state index is 0.148. The van der Waals surface area contributed by atoms with Crippen molar-refractivity contribution in [2.75, 3.05) is 18.9 Å². The molecule has 0 spiro atoms. The van der Waals surface area contributed by atoms with Crippen LogP contribution < -0.4 is 10.6 Å². The first kappa shape index (κ1) is 19.8. The van der Waals surface area contributed by atoms with E-state index >= 15 is 0 Å². The van der Waals surface area contributed by atoms with Gasteiger partial charge in [0.05, 0.1) is 21.3 Å². The van der Waals surface area contributed by atoms with Gasteiger partial charge in [-0.15, -0.1) is 0 Å². The molecular formula is C16H22N2O5S. The Hall–Kier alpha value is -2.22. The van der Waals surface area contributed by atoms with Crippen LogP contribution in [0, 0.1) is 5.92 Å². The molecule has 0 unspecified atom stereocenters. The fourth-order valence-corrected chi connectivity index (χ4v) is 2.64. The molecular weight excluding hydrogens is 332 g/mol. The summed E-state index contributed by atoms with van der Waals surface area (Å²) in [6.07, 6.45) is 0. The van der Waals surface area contributed by atoms with Crippen LogP contribution >= 0.6 is 0 Å². The second-order valence-corrected chi connectivity index (χ2v) is 7.07. The van der Waals surface area contributed by atoms with E-state index in [1.165, 1.54) is 6.07 Å². The van der Waals surface area contributed by atoms with Crippen LogP contribution in [0.3, 0.4) is 0 Å². The van der Waals surface area contributed by atoms with Gasteiger partial charge < -0.3 is 10.1 Å². The highest BCUT2D eigenvalue weighted by molar-refractivity contribution is 7.85. The number of carbonyl (C=O) groups excluding carboxylic acids is 3. The molecule has 7 nitrogen and oxygen atoms in total. The van der Waals surface area contributed by atoms with Crippen LogP contribution in [0.1, 0.15) is 31.1 Å². The van der Waals surface area contributed by atoms with Gasteiger partial charge in [0.25, 0.3) is 5.91 Å². The first-order valence-electron chi connectivity index (χ1n) is 7.57. The predicted octanol–water partition coefficient (Wildman–Crippen LogP) is 1.45. The van der Waals surface area contributed by atoms with E-state index in [1.807, 2.05) is 13.8 Å². The number of hydrogen-bond acceptors (Lipinski definition) is 5. The first-order chi connectivity index (χ1) is 11.3. The molecule has 0 radical (unpaired) electrons. The smallest absolute Gasteiger partial charge is 0.339 e. The zero-order chi connectivity index (χ0) is 18.1. The summed E-state index contributed by atoms with van der Waals surface area (Å²) in [5.74, 6) is -0.885. The van der Waals surface area contributed by atoms with Crippen molar-refractivity contribution in [3.8, 4) is 0 Å². The van der Waals surface area contributed by atoms with Crippen LogP contribution in [0.2, 0.25) is 0 Å². The summed E-state index contributed by atoms with van der Waals surface area (Å²) in [5.41, 5.74) is 0.148. The maximum absolute atomic E-state index is 12.1. The van der Waals surface area contributed by atoms with Crippen molar-refractivity contribution in [1.82, 2.24) is 10.6 Å². The second kappa shape index (κ2) is 9.82. The van der Waals surface area contributed by atoms with E-state index in [9.17, 15) is 18.6 Å². The number of benzene rings is 1. The lowest BCUT2D eigenvalue weighted by Crippen LogP contribution is -2.42. The Morgan fingerprint density at radius 2 is 1.88 bits per heavy atom. The summed E-state index contributed by atoms with van der Waals surface area (Å²) in [4.78, 5) is 35.4. The quantitative estimate of drug-likeness (QED) is 0.722. The van der Waals surface area contributed by atoms with Gasteiger partial charge in [-0.05, 0) is 18.1 Å². The van der Waals surface area contributed by atoms with E-state index in [0.29, 0.717) is 17.2 Å². The van der Waals surface area contributed by atoms with Gasteiger partial charge in [0.2, 0.25) is 0 Å². The number of carbonyl (C=O) groups is 3. The Kier molecular flexibility index (Phi) is 8.11. The number of hydrogen-bond donors (Lipinski definition) is 2. The normalized spacial score (nSPS) is 11.7. The summed E-state index contributed by atoms with van der Waals surface area (Å²) < 4.78 is 16.8. The molecule has 0 saturated heterocycles. The Bertz CT molecular complexity index is 631. The van der Waals surface area contributed by atoms with Crippen LogP contribution in [-0.4, -0.2) is 41.0 Å². The summed E-state index contributed by atoms with van der Waals surface area (Å²) in [6, 6.07) is 5.71.